The van der Waals surface area contributed by atoms with E-state index in [2.05, 4.69) is 37.9 Å². The van der Waals surface area contributed by atoms with Crippen molar-refractivity contribution in [2.24, 2.45) is 0 Å². The molecule has 4 heteroatoms. The normalized spacial score (nSPS) is 20.9. The van der Waals surface area contributed by atoms with Crippen molar-refractivity contribution in [3.8, 4) is 0 Å². The molecule has 102 valence electrons. The van der Waals surface area contributed by atoms with Crippen molar-refractivity contribution in [3.63, 3.8) is 0 Å². The van der Waals surface area contributed by atoms with Crippen LogP contribution in [0.2, 0.25) is 0 Å². The van der Waals surface area contributed by atoms with E-state index in [9.17, 15) is 0 Å². The van der Waals surface area contributed by atoms with E-state index in [1.165, 1.54) is 5.56 Å². The largest absolute Gasteiger partial charge is 0.438 e. The average Bonchev–Trinajstić information content (AvgIpc) is 2.81. The molecule has 0 bridgehead atoms. The van der Waals surface area contributed by atoms with Crippen LogP contribution in [0.4, 0.5) is 0 Å². The zero-order valence-corrected chi connectivity index (χ0v) is 11.6. The van der Waals surface area contributed by atoms with Crippen molar-refractivity contribution in [2.45, 2.75) is 32.3 Å². The summed E-state index contributed by atoms with van der Waals surface area (Å²) in [5.41, 5.74) is 3.05. The highest BCUT2D eigenvalue weighted by Crippen LogP contribution is 2.29. The lowest BCUT2D eigenvalue weighted by atomic mass is 9.87. The Morgan fingerprint density at radius 1 is 1.21 bits per heavy atom. The summed E-state index contributed by atoms with van der Waals surface area (Å²) in [5, 5.41) is 0. The van der Waals surface area contributed by atoms with E-state index in [0.29, 0.717) is 25.7 Å². The van der Waals surface area contributed by atoms with E-state index in [0.717, 1.165) is 11.1 Å². The van der Waals surface area contributed by atoms with Gasteiger partial charge in [0.25, 0.3) is 0 Å². The molecule has 1 saturated heterocycles. The first kappa shape index (κ1) is 12.6. The van der Waals surface area contributed by atoms with E-state index < -0.39 is 0 Å². The Balaban J connectivity index is 1.96. The standard InChI is InChI=1S/C15H19NO3/c1-15(2,3)10-4-5-12-11(8-10)16-14(19-12)13-9-17-6-7-18-13/h4-5,8,13H,6-7,9H2,1-3H3. The summed E-state index contributed by atoms with van der Waals surface area (Å²) >= 11 is 0. The molecule has 0 spiro atoms. The molecule has 2 heterocycles. The predicted octanol–water partition coefficient (Wildman–Crippen LogP) is 3.21. The minimum absolute atomic E-state index is 0.109. The molecule has 1 aliphatic rings. The van der Waals surface area contributed by atoms with Crippen LogP contribution in [0.25, 0.3) is 11.1 Å². The molecule has 0 radical (unpaired) electrons. The molecule has 2 aromatic rings. The van der Waals surface area contributed by atoms with Gasteiger partial charge in [-0.3, -0.25) is 0 Å². The summed E-state index contributed by atoms with van der Waals surface area (Å²) in [7, 11) is 0. The molecule has 1 aliphatic heterocycles. The fourth-order valence-corrected chi connectivity index (χ4v) is 2.18. The predicted molar refractivity (Wildman–Crippen MR) is 72.2 cm³/mol. The molecule has 19 heavy (non-hydrogen) atoms. The zero-order valence-electron chi connectivity index (χ0n) is 11.6. The Bertz CT molecular complexity index is 577. The lowest BCUT2D eigenvalue weighted by Crippen LogP contribution is -2.22. The van der Waals surface area contributed by atoms with Crippen molar-refractivity contribution >= 4 is 11.1 Å². The number of fused-ring (bicyclic) bond motifs is 1. The van der Waals surface area contributed by atoms with Gasteiger partial charge in [-0.25, -0.2) is 4.98 Å². The van der Waals surface area contributed by atoms with Crippen molar-refractivity contribution in [1.29, 1.82) is 0 Å². The summed E-state index contributed by atoms with van der Waals surface area (Å²) in [4.78, 5) is 4.54. The molecular weight excluding hydrogens is 242 g/mol. The van der Waals surface area contributed by atoms with Gasteiger partial charge in [0.05, 0.1) is 19.8 Å². The summed E-state index contributed by atoms with van der Waals surface area (Å²) in [6.07, 6.45) is -0.181. The number of benzene rings is 1. The molecule has 1 fully saturated rings. The number of aromatic nitrogens is 1. The van der Waals surface area contributed by atoms with Gasteiger partial charge in [0, 0.05) is 0 Å². The summed E-state index contributed by atoms with van der Waals surface area (Å²) in [6, 6.07) is 6.16. The Morgan fingerprint density at radius 3 is 2.74 bits per heavy atom. The highest BCUT2D eigenvalue weighted by molar-refractivity contribution is 5.73. The number of hydrogen-bond donors (Lipinski definition) is 0. The Kier molecular flexibility index (Phi) is 3.07. The van der Waals surface area contributed by atoms with Crippen LogP contribution in [0, 0.1) is 0 Å². The van der Waals surface area contributed by atoms with Crippen molar-refractivity contribution < 1.29 is 13.9 Å². The second kappa shape index (κ2) is 4.62. The first-order chi connectivity index (χ1) is 9.04. The Morgan fingerprint density at radius 2 is 2.05 bits per heavy atom. The van der Waals surface area contributed by atoms with Crippen molar-refractivity contribution in [1.82, 2.24) is 4.98 Å². The highest BCUT2D eigenvalue weighted by atomic mass is 16.6. The zero-order chi connectivity index (χ0) is 13.5. The molecule has 3 rings (SSSR count). The number of ether oxygens (including phenoxy) is 2. The third-order valence-corrected chi connectivity index (χ3v) is 3.36. The van der Waals surface area contributed by atoms with Gasteiger partial charge in [0.15, 0.2) is 11.7 Å². The molecule has 0 N–H and O–H groups in total. The Hall–Kier alpha value is -1.39. The van der Waals surface area contributed by atoms with Gasteiger partial charge in [-0.05, 0) is 23.1 Å². The molecule has 1 aromatic carbocycles. The minimum Gasteiger partial charge on any atom is -0.438 e. The van der Waals surface area contributed by atoms with Gasteiger partial charge in [0.2, 0.25) is 5.89 Å². The Labute approximate surface area is 112 Å². The highest BCUT2D eigenvalue weighted by Gasteiger charge is 2.23. The summed E-state index contributed by atoms with van der Waals surface area (Å²) in [5.74, 6) is 0.612. The maximum Gasteiger partial charge on any atom is 0.227 e. The van der Waals surface area contributed by atoms with Crippen LogP contribution in [0.3, 0.4) is 0 Å². The molecule has 1 unspecified atom stereocenters. The number of hydrogen-bond acceptors (Lipinski definition) is 4. The third kappa shape index (κ3) is 2.51. The second-order valence-electron chi connectivity index (χ2n) is 5.92. The van der Waals surface area contributed by atoms with E-state index in [1.54, 1.807) is 0 Å². The van der Waals surface area contributed by atoms with Gasteiger partial charge in [-0.1, -0.05) is 26.8 Å². The smallest absolute Gasteiger partial charge is 0.227 e. The van der Waals surface area contributed by atoms with Crippen LogP contribution in [0.1, 0.15) is 38.3 Å². The van der Waals surface area contributed by atoms with Gasteiger partial charge in [-0.15, -0.1) is 0 Å². The van der Waals surface area contributed by atoms with Crippen LogP contribution in [0.15, 0.2) is 22.6 Å². The number of oxazole rings is 1. The summed E-state index contributed by atoms with van der Waals surface area (Å²) < 4.78 is 16.8. The third-order valence-electron chi connectivity index (χ3n) is 3.36. The first-order valence-electron chi connectivity index (χ1n) is 6.64. The van der Waals surface area contributed by atoms with E-state index in [-0.39, 0.29) is 11.5 Å². The molecule has 0 aliphatic carbocycles. The van der Waals surface area contributed by atoms with E-state index in [4.69, 9.17) is 13.9 Å². The van der Waals surface area contributed by atoms with Gasteiger partial charge in [-0.2, -0.15) is 0 Å². The molecule has 0 amide bonds. The number of rotatable bonds is 1. The fourth-order valence-electron chi connectivity index (χ4n) is 2.18. The van der Waals surface area contributed by atoms with Crippen LogP contribution < -0.4 is 0 Å². The van der Waals surface area contributed by atoms with Gasteiger partial charge < -0.3 is 13.9 Å². The lowest BCUT2D eigenvalue weighted by Gasteiger charge is -2.19. The van der Waals surface area contributed by atoms with Crippen LogP contribution in [-0.2, 0) is 14.9 Å². The molecule has 1 aromatic heterocycles. The topological polar surface area (TPSA) is 44.5 Å². The van der Waals surface area contributed by atoms with Crippen LogP contribution in [0.5, 0.6) is 0 Å². The van der Waals surface area contributed by atoms with E-state index in [1.807, 2.05) is 6.07 Å². The summed E-state index contributed by atoms with van der Waals surface area (Å²) in [6.45, 7) is 8.31. The van der Waals surface area contributed by atoms with E-state index >= 15 is 0 Å². The first-order valence-corrected chi connectivity index (χ1v) is 6.64. The number of nitrogens with zero attached hydrogens (tertiary/aromatic N) is 1. The van der Waals surface area contributed by atoms with Gasteiger partial charge in [0.1, 0.15) is 5.52 Å². The fraction of sp³-hybridized carbons (Fsp3) is 0.533. The second-order valence-corrected chi connectivity index (χ2v) is 5.92. The monoisotopic (exact) mass is 261 g/mol. The van der Waals surface area contributed by atoms with Crippen molar-refractivity contribution in [2.75, 3.05) is 19.8 Å². The maximum absolute atomic E-state index is 5.76. The quantitative estimate of drug-likeness (QED) is 0.790. The minimum atomic E-state index is -0.181. The SMILES string of the molecule is CC(C)(C)c1ccc2oc(C3COCCO3)nc2c1. The molecular formula is C15H19NO3. The van der Waals surface area contributed by atoms with Gasteiger partial charge >= 0.3 is 0 Å². The lowest BCUT2D eigenvalue weighted by molar-refractivity contribution is -0.0991. The van der Waals surface area contributed by atoms with Crippen LogP contribution in [-0.4, -0.2) is 24.8 Å². The molecule has 1 atom stereocenters. The van der Waals surface area contributed by atoms with Crippen LogP contribution >= 0.6 is 0 Å². The maximum atomic E-state index is 5.76. The molecule has 0 saturated carbocycles. The average molecular weight is 261 g/mol. The molecule has 4 nitrogen and oxygen atoms in total. The van der Waals surface area contributed by atoms with Crippen molar-refractivity contribution in [3.05, 3.63) is 29.7 Å².